The Morgan fingerprint density at radius 1 is 1.29 bits per heavy atom. The minimum Gasteiger partial charge on any atom is -0.465 e. The Bertz CT molecular complexity index is 525. The summed E-state index contributed by atoms with van der Waals surface area (Å²) in [5.74, 6) is -0.513. The lowest BCUT2D eigenvalue weighted by Gasteiger charge is -2.38. The molecular formula is C14H22BNO5. The standard InChI is InChI=1S/C14H22BNO5/c1-13(2,18)14(3,4)21-15(19)10-7-6-9(8-11(10)16)12(17)20-5/h6-8,18-19H,16H2,1-5H3. The number of nitrogen functional groups attached to an aromatic ring is 1. The predicted octanol–water partition coefficient (Wildman–Crippen LogP) is 0.309. The summed E-state index contributed by atoms with van der Waals surface area (Å²) in [4.78, 5) is 11.4. The normalized spacial score (nSPS) is 12.1. The molecule has 4 N–H and O–H groups in total. The summed E-state index contributed by atoms with van der Waals surface area (Å²) in [6, 6.07) is 4.39. The van der Waals surface area contributed by atoms with Crippen LogP contribution in [0.4, 0.5) is 5.69 Å². The molecule has 0 spiro atoms. The first kappa shape index (κ1) is 17.5. The van der Waals surface area contributed by atoms with Gasteiger partial charge in [-0.05, 0) is 39.8 Å². The van der Waals surface area contributed by atoms with Crippen LogP contribution in [0.5, 0.6) is 0 Å². The molecule has 0 saturated heterocycles. The molecule has 0 amide bonds. The predicted molar refractivity (Wildman–Crippen MR) is 81.3 cm³/mol. The van der Waals surface area contributed by atoms with Crippen LogP contribution in [-0.2, 0) is 9.39 Å². The summed E-state index contributed by atoms with van der Waals surface area (Å²) in [7, 11) is -0.0471. The number of aliphatic hydroxyl groups is 1. The molecule has 116 valence electrons. The maximum atomic E-state index is 11.4. The van der Waals surface area contributed by atoms with E-state index in [9.17, 15) is 14.9 Å². The van der Waals surface area contributed by atoms with Gasteiger partial charge in [0.15, 0.2) is 0 Å². The van der Waals surface area contributed by atoms with Gasteiger partial charge in [0.1, 0.15) is 0 Å². The van der Waals surface area contributed by atoms with Gasteiger partial charge in [-0.25, -0.2) is 4.79 Å². The molecule has 7 heteroatoms. The van der Waals surface area contributed by atoms with E-state index in [0.29, 0.717) is 5.46 Å². The Morgan fingerprint density at radius 3 is 2.29 bits per heavy atom. The van der Waals surface area contributed by atoms with Gasteiger partial charge in [0.05, 0.1) is 23.9 Å². The fourth-order valence-electron chi connectivity index (χ4n) is 1.53. The van der Waals surface area contributed by atoms with Crippen LogP contribution < -0.4 is 11.2 Å². The number of carbonyl (C=O) groups excluding carboxylic acids is 1. The SMILES string of the molecule is COC(=O)c1ccc(B(O)OC(C)(C)C(C)(C)O)c(N)c1. The van der Waals surface area contributed by atoms with Crippen LogP contribution in [0.25, 0.3) is 0 Å². The topological polar surface area (TPSA) is 102 Å². The number of carbonyl (C=O) groups is 1. The summed E-state index contributed by atoms with van der Waals surface area (Å²) in [5.41, 5.74) is 4.48. The Morgan fingerprint density at radius 2 is 1.86 bits per heavy atom. The van der Waals surface area contributed by atoms with Gasteiger partial charge in [-0.2, -0.15) is 0 Å². The van der Waals surface area contributed by atoms with E-state index in [1.54, 1.807) is 27.7 Å². The van der Waals surface area contributed by atoms with E-state index >= 15 is 0 Å². The van der Waals surface area contributed by atoms with Crippen molar-refractivity contribution in [2.75, 3.05) is 12.8 Å². The fourth-order valence-corrected chi connectivity index (χ4v) is 1.53. The molecule has 0 fully saturated rings. The Labute approximate surface area is 125 Å². The highest BCUT2D eigenvalue weighted by molar-refractivity contribution is 6.62. The van der Waals surface area contributed by atoms with Crippen LogP contribution in [0.2, 0.25) is 0 Å². The second-order valence-electron chi connectivity index (χ2n) is 5.87. The fraction of sp³-hybridized carbons (Fsp3) is 0.500. The quantitative estimate of drug-likeness (QED) is 0.410. The molecule has 0 heterocycles. The summed E-state index contributed by atoms with van der Waals surface area (Å²) in [6.45, 7) is 6.50. The molecule has 1 aromatic carbocycles. The van der Waals surface area contributed by atoms with Gasteiger partial charge in [0.2, 0.25) is 0 Å². The third-order valence-electron chi connectivity index (χ3n) is 3.65. The van der Waals surface area contributed by atoms with Gasteiger partial charge in [-0.1, -0.05) is 6.07 Å². The Kier molecular flexibility index (Phi) is 5.04. The summed E-state index contributed by atoms with van der Waals surface area (Å²) in [6.07, 6.45) is 0. The third kappa shape index (κ3) is 3.97. The minimum absolute atomic E-state index is 0.206. The molecule has 0 aliphatic heterocycles. The zero-order valence-electron chi connectivity index (χ0n) is 13.0. The number of hydrogen-bond acceptors (Lipinski definition) is 6. The van der Waals surface area contributed by atoms with E-state index in [1.807, 2.05) is 0 Å². The van der Waals surface area contributed by atoms with Gasteiger partial charge < -0.3 is 25.3 Å². The Hall–Kier alpha value is -1.57. The van der Waals surface area contributed by atoms with Crippen molar-refractivity contribution < 1.29 is 24.3 Å². The molecule has 21 heavy (non-hydrogen) atoms. The average Bonchev–Trinajstić information content (AvgIpc) is 2.35. The number of esters is 1. The molecule has 0 bridgehead atoms. The molecule has 0 saturated carbocycles. The lowest BCUT2D eigenvalue weighted by molar-refractivity contribution is -0.0982. The van der Waals surface area contributed by atoms with Crippen LogP contribution >= 0.6 is 0 Å². The van der Waals surface area contributed by atoms with E-state index in [2.05, 4.69) is 4.74 Å². The number of hydrogen-bond donors (Lipinski definition) is 3. The summed E-state index contributed by atoms with van der Waals surface area (Å²) >= 11 is 0. The summed E-state index contributed by atoms with van der Waals surface area (Å²) < 4.78 is 10.1. The lowest BCUT2D eigenvalue weighted by Crippen LogP contribution is -2.53. The highest BCUT2D eigenvalue weighted by atomic mass is 16.5. The van der Waals surface area contributed by atoms with Crippen molar-refractivity contribution in [3.05, 3.63) is 23.8 Å². The minimum atomic E-state index is -1.32. The average molecular weight is 295 g/mol. The zero-order chi connectivity index (χ0) is 16.4. The molecular weight excluding hydrogens is 273 g/mol. The molecule has 0 unspecified atom stereocenters. The number of benzene rings is 1. The smallest absolute Gasteiger partial charge is 0.465 e. The Balaban J connectivity index is 2.99. The van der Waals surface area contributed by atoms with Crippen LogP contribution in [-0.4, -0.2) is 41.5 Å². The number of anilines is 1. The van der Waals surface area contributed by atoms with Crippen LogP contribution in [0, 0.1) is 0 Å². The highest BCUT2D eigenvalue weighted by Crippen LogP contribution is 2.25. The molecule has 0 aromatic heterocycles. The van der Waals surface area contributed by atoms with Crippen LogP contribution in [0.3, 0.4) is 0 Å². The maximum absolute atomic E-state index is 11.4. The second-order valence-corrected chi connectivity index (χ2v) is 5.87. The molecule has 0 aliphatic rings. The van der Waals surface area contributed by atoms with Crippen LogP contribution in [0.15, 0.2) is 18.2 Å². The monoisotopic (exact) mass is 295 g/mol. The molecule has 0 radical (unpaired) electrons. The van der Waals surface area contributed by atoms with Crippen molar-refractivity contribution in [1.82, 2.24) is 0 Å². The van der Waals surface area contributed by atoms with E-state index in [-0.39, 0.29) is 11.3 Å². The van der Waals surface area contributed by atoms with Gasteiger partial charge in [-0.3, -0.25) is 0 Å². The molecule has 1 aromatic rings. The first-order valence-electron chi connectivity index (χ1n) is 6.55. The van der Waals surface area contributed by atoms with Crippen molar-refractivity contribution >= 4 is 24.2 Å². The number of rotatable bonds is 5. The zero-order valence-corrected chi connectivity index (χ0v) is 13.0. The number of ether oxygens (including phenoxy) is 1. The largest absolute Gasteiger partial charge is 0.493 e. The number of nitrogens with two attached hydrogens (primary N) is 1. The van der Waals surface area contributed by atoms with Crippen molar-refractivity contribution in [1.29, 1.82) is 0 Å². The maximum Gasteiger partial charge on any atom is 0.493 e. The van der Waals surface area contributed by atoms with Crippen molar-refractivity contribution in [2.24, 2.45) is 0 Å². The highest BCUT2D eigenvalue weighted by Gasteiger charge is 2.40. The van der Waals surface area contributed by atoms with Crippen molar-refractivity contribution in [3.8, 4) is 0 Å². The second kappa shape index (κ2) is 6.05. The summed E-state index contributed by atoms with van der Waals surface area (Å²) in [5, 5.41) is 20.2. The lowest BCUT2D eigenvalue weighted by atomic mass is 9.75. The third-order valence-corrected chi connectivity index (χ3v) is 3.65. The molecule has 1 rings (SSSR count). The van der Waals surface area contributed by atoms with Crippen molar-refractivity contribution in [2.45, 2.75) is 38.9 Å². The first-order chi connectivity index (χ1) is 9.49. The molecule has 6 nitrogen and oxygen atoms in total. The first-order valence-corrected chi connectivity index (χ1v) is 6.55. The molecule has 0 aliphatic carbocycles. The van der Waals surface area contributed by atoms with Gasteiger partial charge in [0.25, 0.3) is 0 Å². The van der Waals surface area contributed by atoms with E-state index in [4.69, 9.17) is 10.4 Å². The van der Waals surface area contributed by atoms with Gasteiger partial charge in [-0.15, -0.1) is 0 Å². The van der Waals surface area contributed by atoms with Gasteiger partial charge in [0, 0.05) is 11.2 Å². The number of methoxy groups -OCH3 is 1. The van der Waals surface area contributed by atoms with Crippen molar-refractivity contribution in [3.63, 3.8) is 0 Å². The van der Waals surface area contributed by atoms with E-state index in [0.717, 1.165) is 0 Å². The van der Waals surface area contributed by atoms with E-state index in [1.165, 1.54) is 25.3 Å². The van der Waals surface area contributed by atoms with Gasteiger partial charge >= 0.3 is 13.1 Å². The van der Waals surface area contributed by atoms with Crippen LogP contribution in [0.1, 0.15) is 38.1 Å². The van der Waals surface area contributed by atoms with E-state index < -0.39 is 24.3 Å². The molecule has 0 atom stereocenters.